The third-order valence-electron chi connectivity index (χ3n) is 1.61. The summed E-state index contributed by atoms with van der Waals surface area (Å²) in [6.45, 7) is 1.41. The van der Waals surface area contributed by atoms with E-state index in [2.05, 4.69) is 5.32 Å². The normalized spacial score (nSPS) is 14.5. The van der Waals surface area contributed by atoms with Gasteiger partial charge in [0.15, 0.2) is 0 Å². The lowest BCUT2D eigenvalue weighted by atomic mass is 10.2. The van der Waals surface area contributed by atoms with Crippen molar-refractivity contribution in [1.29, 1.82) is 0 Å². The van der Waals surface area contributed by atoms with Crippen LogP contribution >= 0.6 is 0 Å². The summed E-state index contributed by atoms with van der Waals surface area (Å²) in [5, 5.41) is 4.25. The average Bonchev–Trinajstić information content (AvgIpc) is 2.04. The van der Waals surface area contributed by atoms with Crippen molar-refractivity contribution in [2.75, 3.05) is 18.9 Å². The van der Waals surface area contributed by atoms with Crippen LogP contribution in [0.15, 0.2) is 18.2 Å². The summed E-state index contributed by atoms with van der Waals surface area (Å²) in [6, 6.07) is 5.51. The molecule has 1 aliphatic rings. The van der Waals surface area contributed by atoms with Crippen LogP contribution in [-0.2, 0) is 0 Å². The summed E-state index contributed by atoms with van der Waals surface area (Å²) in [5.41, 5.74) is 7.19. The Bertz CT molecular complexity index is 273. The maximum absolute atomic E-state index is 5.56. The Hall–Kier alpha value is -1.38. The standard InChI is InChI=1S/C8H9N2O/c9-6-1-2-7-8(5-6)11-4-3-10-7/h1-2,5H,3-4,9H2/q-1. The Labute approximate surface area is 65.2 Å². The van der Waals surface area contributed by atoms with Gasteiger partial charge in [0.25, 0.3) is 0 Å². The van der Waals surface area contributed by atoms with Gasteiger partial charge in [-0.2, -0.15) is 0 Å². The lowest BCUT2D eigenvalue weighted by Gasteiger charge is -2.30. The minimum absolute atomic E-state index is 0.663. The zero-order valence-corrected chi connectivity index (χ0v) is 6.08. The fraction of sp³-hybridized carbons (Fsp3) is 0.250. The number of benzene rings is 1. The topological polar surface area (TPSA) is 49.4 Å². The summed E-state index contributed by atoms with van der Waals surface area (Å²) >= 11 is 0. The molecule has 2 N–H and O–H groups in total. The van der Waals surface area contributed by atoms with Gasteiger partial charge in [-0.1, -0.05) is 18.3 Å². The van der Waals surface area contributed by atoms with Gasteiger partial charge in [0.1, 0.15) is 5.75 Å². The van der Waals surface area contributed by atoms with Crippen LogP contribution in [0.4, 0.5) is 11.4 Å². The van der Waals surface area contributed by atoms with Crippen molar-refractivity contribution in [3.05, 3.63) is 23.5 Å². The van der Waals surface area contributed by atoms with Gasteiger partial charge >= 0.3 is 0 Å². The predicted octanol–water partition coefficient (Wildman–Crippen LogP) is 1.67. The van der Waals surface area contributed by atoms with Crippen LogP contribution < -0.4 is 10.5 Å². The Morgan fingerprint density at radius 2 is 2.36 bits per heavy atom. The summed E-state index contributed by atoms with van der Waals surface area (Å²) < 4.78 is 5.33. The first-order chi connectivity index (χ1) is 5.36. The molecule has 0 saturated carbocycles. The molecule has 0 radical (unpaired) electrons. The molecular weight excluding hydrogens is 140 g/mol. The van der Waals surface area contributed by atoms with E-state index in [1.807, 2.05) is 12.1 Å². The van der Waals surface area contributed by atoms with Gasteiger partial charge < -0.3 is 15.8 Å². The molecule has 1 aromatic rings. The van der Waals surface area contributed by atoms with E-state index in [-0.39, 0.29) is 0 Å². The van der Waals surface area contributed by atoms with Gasteiger partial charge in [-0.05, 0) is 6.07 Å². The average molecular weight is 149 g/mol. The molecule has 0 unspecified atom stereocenters. The summed E-state index contributed by atoms with van der Waals surface area (Å²) in [5.74, 6) is 0.802. The minimum Gasteiger partial charge on any atom is -0.679 e. The van der Waals surface area contributed by atoms with Gasteiger partial charge in [0.05, 0.1) is 6.61 Å². The first kappa shape index (κ1) is 6.34. The summed E-state index contributed by atoms with van der Waals surface area (Å²) in [7, 11) is 0. The van der Waals surface area contributed by atoms with Gasteiger partial charge in [0, 0.05) is 11.8 Å². The first-order valence-electron chi connectivity index (χ1n) is 3.56. The van der Waals surface area contributed by atoms with Crippen molar-refractivity contribution in [2.24, 2.45) is 0 Å². The minimum atomic E-state index is 0.663. The third-order valence-corrected chi connectivity index (χ3v) is 1.61. The molecule has 1 aliphatic heterocycles. The second-order valence-electron chi connectivity index (χ2n) is 2.46. The van der Waals surface area contributed by atoms with Gasteiger partial charge in [0.2, 0.25) is 0 Å². The molecule has 0 aliphatic carbocycles. The molecule has 11 heavy (non-hydrogen) atoms. The fourth-order valence-electron chi connectivity index (χ4n) is 1.10. The lowest BCUT2D eigenvalue weighted by Crippen LogP contribution is -2.07. The van der Waals surface area contributed by atoms with Crippen molar-refractivity contribution in [2.45, 2.75) is 0 Å². The highest BCUT2D eigenvalue weighted by Gasteiger charge is 1.99. The molecular formula is C8H9N2O-. The van der Waals surface area contributed by atoms with Crippen LogP contribution in [-0.4, -0.2) is 13.2 Å². The van der Waals surface area contributed by atoms with Crippen LogP contribution in [0.5, 0.6) is 5.75 Å². The zero-order valence-electron chi connectivity index (χ0n) is 6.08. The number of nitrogen functional groups attached to an aromatic ring is 1. The van der Waals surface area contributed by atoms with Crippen molar-refractivity contribution in [1.82, 2.24) is 0 Å². The Balaban J connectivity index is 2.43. The Morgan fingerprint density at radius 3 is 3.27 bits per heavy atom. The van der Waals surface area contributed by atoms with Gasteiger partial charge in [-0.3, -0.25) is 0 Å². The van der Waals surface area contributed by atoms with Gasteiger partial charge in [-0.25, -0.2) is 0 Å². The molecule has 0 saturated heterocycles. The van der Waals surface area contributed by atoms with E-state index in [4.69, 9.17) is 10.5 Å². The molecule has 0 spiro atoms. The molecule has 0 bridgehead atoms. The van der Waals surface area contributed by atoms with Crippen LogP contribution in [0.25, 0.3) is 5.32 Å². The van der Waals surface area contributed by atoms with Crippen LogP contribution in [0.2, 0.25) is 0 Å². The smallest absolute Gasteiger partial charge is 0.106 e. The van der Waals surface area contributed by atoms with E-state index < -0.39 is 0 Å². The maximum Gasteiger partial charge on any atom is 0.106 e. The number of hydrogen-bond donors (Lipinski definition) is 1. The molecule has 58 valence electrons. The summed E-state index contributed by atoms with van der Waals surface area (Å²) in [6.07, 6.45) is 0. The number of fused-ring (bicyclic) bond motifs is 1. The van der Waals surface area contributed by atoms with E-state index in [9.17, 15) is 0 Å². The van der Waals surface area contributed by atoms with Crippen LogP contribution in [0.1, 0.15) is 0 Å². The highest BCUT2D eigenvalue weighted by Crippen LogP contribution is 2.35. The number of hydrogen-bond acceptors (Lipinski definition) is 2. The van der Waals surface area contributed by atoms with Gasteiger partial charge in [-0.15, -0.1) is 0 Å². The largest absolute Gasteiger partial charge is 0.679 e. The zero-order chi connectivity index (χ0) is 7.68. The number of nitrogens with two attached hydrogens (primary N) is 1. The second kappa shape index (κ2) is 2.34. The van der Waals surface area contributed by atoms with Crippen molar-refractivity contribution in [3.63, 3.8) is 0 Å². The summed E-state index contributed by atoms with van der Waals surface area (Å²) in [4.78, 5) is 0. The molecule has 1 aromatic carbocycles. The molecule has 0 aromatic heterocycles. The fourth-order valence-corrected chi connectivity index (χ4v) is 1.10. The van der Waals surface area contributed by atoms with Crippen molar-refractivity contribution in [3.8, 4) is 5.75 Å². The predicted molar refractivity (Wildman–Crippen MR) is 44.2 cm³/mol. The quantitative estimate of drug-likeness (QED) is 0.570. The van der Waals surface area contributed by atoms with Crippen molar-refractivity contribution < 1.29 is 4.74 Å². The van der Waals surface area contributed by atoms with Crippen molar-refractivity contribution >= 4 is 11.4 Å². The Morgan fingerprint density at radius 1 is 1.45 bits per heavy atom. The molecule has 2 rings (SSSR count). The third kappa shape index (κ3) is 1.09. The van der Waals surface area contributed by atoms with E-state index in [1.54, 1.807) is 6.07 Å². The van der Waals surface area contributed by atoms with Crippen LogP contribution in [0, 0.1) is 0 Å². The molecule has 0 amide bonds. The van der Waals surface area contributed by atoms with E-state index in [0.29, 0.717) is 6.61 Å². The number of anilines is 1. The first-order valence-corrected chi connectivity index (χ1v) is 3.56. The van der Waals surface area contributed by atoms with E-state index in [1.165, 1.54) is 0 Å². The monoisotopic (exact) mass is 149 g/mol. The molecule has 0 atom stereocenters. The molecule has 3 heteroatoms. The number of nitrogens with zero attached hydrogens (tertiary/aromatic N) is 1. The van der Waals surface area contributed by atoms with Crippen LogP contribution in [0.3, 0.4) is 0 Å². The van der Waals surface area contributed by atoms with E-state index >= 15 is 0 Å². The highest BCUT2D eigenvalue weighted by molar-refractivity contribution is 5.66. The lowest BCUT2D eigenvalue weighted by molar-refractivity contribution is 0.328. The maximum atomic E-state index is 5.56. The second-order valence-corrected chi connectivity index (χ2v) is 2.46. The number of rotatable bonds is 0. The molecule has 1 heterocycles. The highest BCUT2D eigenvalue weighted by atomic mass is 16.5. The number of ether oxygens (including phenoxy) is 1. The van der Waals surface area contributed by atoms with E-state index in [0.717, 1.165) is 23.7 Å². The molecule has 0 fully saturated rings. The Kier molecular flexibility index (Phi) is 1.35. The molecule has 3 nitrogen and oxygen atoms in total. The SMILES string of the molecule is Nc1ccc2c(c1)OCC[N-]2.